The van der Waals surface area contributed by atoms with Crippen LogP contribution in [0.1, 0.15) is 69.2 Å². The van der Waals surface area contributed by atoms with Gasteiger partial charge in [0, 0.05) is 6.04 Å². The molecule has 0 bridgehead atoms. The normalized spacial score (nSPS) is 12.9. The number of aryl methyl sites for hydroxylation is 1. The van der Waals surface area contributed by atoms with Gasteiger partial charge in [0.05, 0.1) is 0 Å². The van der Waals surface area contributed by atoms with Gasteiger partial charge in [0.2, 0.25) is 0 Å². The predicted octanol–water partition coefficient (Wildman–Crippen LogP) is 5.17. The lowest BCUT2D eigenvalue weighted by atomic mass is 9.88. The topological polar surface area (TPSA) is 12.0 Å². The molecule has 1 unspecified atom stereocenters. The van der Waals surface area contributed by atoms with E-state index < -0.39 is 0 Å². The van der Waals surface area contributed by atoms with Crippen molar-refractivity contribution < 1.29 is 0 Å². The van der Waals surface area contributed by atoms with Gasteiger partial charge in [0.25, 0.3) is 0 Å². The van der Waals surface area contributed by atoms with Crippen LogP contribution in [-0.4, -0.2) is 6.54 Å². The third kappa shape index (κ3) is 4.65. The molecule has 108 valence electrons. The Hall–Kier alpha value is -0.820. The largest absolute Gasteiger partial charge is 0.310 e. The summed E-state index contributed by atoms with van der Waals surface area (Å²) in [4.78, 5) is 0. The fourth-order valence-electron chi connectivity index (χ4n) is 2.75. The number of benzene rings is 1. The van der Waals surface area contributed by atoms with E-state index >= 15 is 0 Å². The second-order valence-corrected chi connectivity index (χ2v) is 5.71. The molecule has 0 heterocycles. The number of nitrogens with one attached hydrogen (secondary N) is 1. The second kappa shape index (κ2) is 8.37. The minimum Gasteiger partial charge on any atom is -0.310 e. The number of hydrogen-bond donors (Lipinski definition) is 1. The van der Waals surface area contributed by atoms with Crippen molar-refractivity contribution in [2.24, 2.45) is 5.92 Å². The summed E-state index contributed by atoms with van der Waals surface area (Å²) in [5.74, 6) is 0.828. The Balaban J connectivity index is 2.91. The highest BCUT2D eigenvalue weighted by molar-refractivity contribution is 5.35. The minimum absolute atomic E-state index is 0.518. The Morgan fingerprint density at radius 1 is 1.05 bits per heavy atom. The van der Waals surface area contributed by atoms with Crippen molar-refractivity contribution in [2.45, 2.75) is 66.3 Å². The first-order chi connectivity index (χ1) is 9.13. The van der Waals surface area contributed by atoms with Gasteiger partial charge in [-0.15, -0.1) is 0 Å². The highest BCUT2D eigenvalue weighted by Gasteiger charge is 2.17. The third-order valence-corrected chi connectivity index (χ3v) is 4.39. The number of hydrogen-bond acceptors (Lipinski definition) is 1. The maximum atomic E-state index is 3.75. The Bertz CT molecular complexity index is 366. The zero-order valence-electron chi connectivity index (χ0n) is 13.4. The van der Waals surface area contributed by atoms with E-state index in [1.54, 1.807) is 0 Å². The molecular formula is C18H31N. The average Bonchev–Trinajstić information content (AvgIpc) is 2.43. The van der Waals surface area contributed by atoms with Crippen molar-refractivity contribution in [3.05, 3.63) is 34.9 Å². The van der Waals surface area contributed by atoms with Gasteiger partial charge in [0.1, 0.15) is 0 Å². The van der Waals surface area contributed by atoms with Crippen LogP contribution in [0, 0.1) is 19.8 Å². The maximum absolute atomic E-state index is 3.75. The SMILES string of the molecule is CCCNC(CC(CC)CC)c1cccc(C)c1C. The van der Waals surface area contributed by atoms with Gasteiger partial charge in [0.15, 0.2) is 0 Å². The molecule has 1 heteroatoms. The van der Waals surface area contributed by atoms with Crippen LogP contribution >= 0.6 is 0 Å². The van der Waals surface area contributed by atoms with E-state index in [0.29, 0.717) is 6.04 Å². The van der Waals surface area contributed by atoms with Crippen molar-refractivity contribution in [2.75, 3.05) is 6.54 Å². The van der Waals surface area contributed by atoms with E-state index in [1.807, 2.05) is 0 Å². The van der Waals surface area contributed by atoms with Crippen LogP contribution in [-0.2, 0) is 0 Å². The molecule has 0 aliphatic rings. The molecule has 0 fully saturated rings. The second-order valence-electron chi connectivity index (χ2n) is 5.71. The maximum Gasteiger partial charge on any atom is 0.0325 e. The molecule has 1 aromatic carbocycles. The molecule has 1 nitrogen and oxygen atoms in total. The zero-order valence-corrected chi connectivity index (χ0v) is 13.4. The van der Waals surface area contributed by atoms with Crippen LogP contribution in [0.3, 0.4) is 0 Å². The van der Waals surface area contributed by atoms with E-state index in [9.17, 15) is 0 Å². The lowest BCUT2D eigenvalue weighted by molar-refractivity contribution is 0.370. The Morgan fingerprint density at radius 3 is 2.32 bits per heavy atom. The van der Waals surface area contributed by atoms with Crippen LogP contribution in [0.15, 0.2) is 18.2 Å². The summed E-state index contributed by atoms with van der Waals surface area (Å²) in [5.41, 5.74) is 4.37. The zero-order chi connectivity index (χ0) is 14.3. The van der Waals surface area contributed by atoms with Crippen LogP contribution in [0.25, 0.3) is 0 Å². The van der Waals surface area contributed by atoms with Crippen LogP contribution < -0.4 is 5.32 Å². The lowest BCUT2D eigenvalue weighted by Gasteiger charge is -2.25. The molecule has 1 N–H and O–H groups in total. The van der Waals surface area contributed by atoms with Gasteiger partial charge in [-0.25, -0.2) is 0 Å². The Morgan fingerprint density at radius 2 is 1.74 bits per heavy atom. The molecule has 0 amide bonds. The predicted molar refractivity (Wildman–Crippen MR) is 85.6 cm³/mol. The molecule has 19 heavy (non-hydrogen) atoms. The van der Waals surface area contributed by atoms with Gasteiger partial charge in [-0.2, -0.15) is 0 Å². The van der Waals surface area contributed by atoms with E-state index in [4.69, 9.17) is 0 Å². The average molecular weight is 261 g/mol. The summed E-state index contributed by atoms with van der Waals surface area (Å²) in [6, 6.07) is 7.24. The first kappa shape index (κ1) is 16.2. The van der Waals surface area contributed by atoms with E-state index in [-0.39, 0.29) is 0 Å². The minimum atomic E-state index is 0.518. The summed E-state index contributed by atoms with van der Waals surface area (Å²) in [6.07, 6.45) is 5.03. The summed E-state index contributed by atoms with van der Waals surface area (Å²) >= 11 is 0. The summed E-state index contributed by atoms with van der Waals surface area (Å²) in [7, 11) is 0. The molecule has 1 atom stereocenters. The fourth-order valence-corrected chi connectivity index (χ4v) is 2.75. The van der Waals surface area contributed by atoms with Crippen molar-refractivity contribution in [3.8, 4) is 0 Å². The summed E-state index contributed by atoms with van der Waals surface area (Å²) in [6.45, 7) is 12.5. The van der Waals surface area contributed by atoms with Crippen molar-refractivity contribution in [1.82, 2.24) is 5.32 Å². The van der Waals surface area contributed by atoms with Gasteiger partial charge >= 0.3 is 0 Å². The van der Waals surface area contributed by atoms with E-state index in [0.717, 1.165) is 12.5 Å². The monoisotopic (exact) mass is 261 g/mol. The van der Waals surface area contributed by atoms with Crippen molar-refractivity contribution in [1.29, 1.82) is 0 Å². The first-order valence-corrected chi connectivity index (χ1v) is 7.93. The lowest BCUT2D eigenvalue weighted by Crippen LogP contribution is -2.25. The van der Waals surface area contributed by atoms with Crippen LogP contribution in [0.4, 0.5) is 0 Å². The fraction of sp³-hybridized carbons (Fsp3) is 0.667. The Labute approximate surface area is 119 Å². The van der Waals surface area contributed by atoms with Crippen LogP contribution in [0.5, 0.6) is 0 Å². The molecule has 0 spiro atoms. The summed E-state index contributed by atoms with van der Waals surface area (Å²) in [5, 5.41) is 3.75. The van der Waals surface area contributed by atoms with Crippen molar-refractivity contribution >= 4 is 0 Å². The standard InChI is InChI=1S/C18H31N/c1-6-12-19-18(13-16(7-2)8-3)17-11-9-10-14(4)15(17)5/h9-11,16,18-19H,6-8,12-13H2,1-5H3. The van der Waals surface area contributed by atoms with E-state index in [1.165, 1.54) is 42.4 Å². The third-order valence-electron chi connectivity index (χ3n) is 4.39. The Kier molecular flexibility index (Phi) is 7.15. The molecule has 1 rings (SSSR count). The van der Waals surface area contributed by atoms with Crippen molar-refractivity contribution in [3.63, 3.8) is 0 Å². The molecule has 0 aromatic heterocycles. The van der Waals surface area contributed by atoms with Gasteiger partial charge < -0.3 is 5.32 Å². The molecule has 0 aliphatic heterocycles. The highest BCUT2D eigenvalue weighted by Crippen LogP contribution is 2.28. The van der Waals surface area contributed by atoms with Gasteiger partial charge in [-0.1, -0.05) is 51.8 Å². The molecule has 1 aromatic rings. The van der Waals surface area contributed by atoms with E-state index in [2.05, 4.69) is 58.1 Å². The first-order valence-electron chi connectivity index (χ1n) is 7.93. The smallest absolute Gasteiger partial charge is 0.0325 e. The molecule has 0 aliphatic carbocycles. The highest BCUT2D eigenvalue weighted by atomic mass is 14.9. The summed E-state index contributed by atoms with van der Waals surface area (Å²) < 4.78 is 0. The molecule has 0 radical (unpaired) electrons. The van der Waals surface area contributed by atoms with Gasteiger partial charge in [-0.3, -0.25) is 0 Å². The van der Waals surface area contributed by atoms with Gasteiger partial charge in [-0.05, 0) is 55.8 Å². The molecule has 0 saturated heterocycles. The van der Waals surface area contributed by atoms with Crippen LogP contribution in [0.2, 0.25) is 0 Å². The quantitative estimate of drug-likeness (QED) is 0.680. The molecule has 0 saturated carbocycles. The number of rotatable bonds is 8. The molecular weight excluding hydrogens is 230 g/mol.